The number of hydrogen-bond donors (Lipinski definition) is 0. The Morgan fingerprint density at radius 1 is 0.542 bits per heavy atom. The molecule has 5 aromatic carbocycles. The first-order chi connectivity index (χ1) is 23.8. The van der Waals surface area contributed by atoms with Gasteiger partial charge in [0.15, 0.2) is 0 Å². The van der Waals surface area contributed by atoms with Crippen LogP contribution in [0, 0.1) is 0 Å². The van der Waals surface area contributed by atoms with E-state index in [0.29, 0.717) is 17.8 Å². The van der Waals surface area contributed by atoms with E-state index in [1.807, 2.05) is 0 Å². The Morgan fingerprint density at radius 3 is 2.08 bits per heavy atom. The molecule has 2 heterocycles. The van der Waals surface area contributed by atoms with Gasteiger partial charge in [0.1, 0.15) is 0 Å². The molecule has 0 N–H and O–H groups in total. The lowest BCUT2D eigenvalue weighted by Crippen LogP contribution is -2.38. The van der Waals surface area contributed by atoms with E-state index in [4.69, 9.17) is 0 Å². The summed E-state index contributed by atoms with van der Waals surface area (Å²) < 4.78 is 2.52. The zero-order valence-electron chi connectivity index (χ0n) is 26.8. The number of anilines is 1. The summed E-state index contributed by atoms with van der Waals surface area (Å²) in [7, 11) is 0. The summed E-state index contributed by atoms with van der Waals surface area (Å²) in [5.74, 6) is 1.12. The monoisotopic (exact) mass is 616 g/mol. The van der Waals surface area contributed by atoms with Gasteiger partial charge >= 0.3 is 0 Å². The van der Waals surface area contributed by atoms with E-state index < -0.39 is 0 Å². The third-order valence-corrected chi connectivity index (χ3v) is 10.9. The van der Waals surface area contributed by atoms with Gasteiger partial charge in [-0.2, -0.15) is 0 Å². The quantitative estimate of drug-likeness (QED) is 0.191. The molecule has 3 atom stereocenters. The molecule has 230 valence electrons. The van der Waals surface area contributed by atoms with Crippen LogP contribution >= 0.6 is 0 Å². The molecule has 1 aromatic heterocycles. The van der Waals surface area contributed by atoms with Crippen molar-refractivity contribution in [3.05, 3.63) is 191 Å². The number of nitrogens with zero attached hydrogens (tertiary/aromatic N) is 2. The van der Waals surface area contributed by atoms with Crippen LogP contribution in [0.25, 0.3) is 39.1 Å². The van der Waals surface area contributed by atoms with Crippen LogP contribution in [0.5, 0.6) is 0 Å². The Labute approximate surface area is 281 Å². The fourth-order valence-corrected chi connectivity index (χ4v) is 8.63. The maximum Gasteiger partial charge on any atom is 0.0541 e. The predicted molar refractivity (Wildman–Crippen MR) is 201 cm³/mol. The molecule has 3 aliphatic carbocycles. The Hall–Kier alpha value is -5.60. The van der Waals surface area contributed by atoms with Gasteiger partial charge in [-0.15, -0.1) is 0 Å². The second-order valence-electron chi connectivity index (χ2n) is 13.6. The number of para-hydroxylation sites is 2. The third-order valence-electron chi connectivity index (χ3n) is 10.9. The summed E-state index contributed by atoms with van der Waals surface area (Å²) >= 11 is 0. The van der Waals surface area contributed by atoms with Gasteiger partial charge in [0.25, 0.3) is 0 Å². The van der Waals surface area contributed by atoms with Crippen LogP contribution in [0.2, 0.25) is 0 Å². The molecule has 10 rings (SSSR count). The predicted octanol–water partition coefficient (Wildman–Crippen LogP) is 9.90. The lowest BCUT2D eigenvalue weighted by atomic mass is 9.89. The van der Waals surface area contributed by atoms with Crippen molar-refractivity contribution in [3.63, 3.8) is 0 Å². The number of hydrogen-bond acceptors (Lipinski definition) is 1. The minimum Gasteiger partial charge on any atom is -0.313 e. The van der Waals surface area contributed by atoms with Gasteiger partial charge in [-0.3, -0.25) is 0 Å². The molecule has 6 aromatic rings. The van der Waals surface area contributed by atoms with Crippen molar-refractivity contribution in [3.8, 4) is 0 Å². The number of fused-ring (bicyclic) bond motifs is 7. The summed E-state index contributed by atoms with van der Waals surface area (Å²) in [4.78, 5) is 2.59. The summed E-state index contributed by atoms with van der Waals surface area (Å²) in [6, 6.07) is 44.6. The molecule has 0 saturated heterocycles. The van der Waals surface area contributed by atoms with E-state index in [0.717, 1.165) is 19.3 Å². The first kappa shape index (κ1) is 27.5. The molecule has 2 heteroatoms. The maximum absolute atomic E-state index is 2.59. The van der Waals surface area contributed by atoms with Gasteiger partial charge in [0.2, 0.25) is 0 Å². The summed E-state index contributed by atoms with van der Waals surface area (Å²) in [6.07, 6.45) is 19.9. The third kappa shape index (κ3) is 4.26. The molecule has 0 bridgehead atoms. The van der Waals surface area contributed by atoms with Crippen LogP contribution in [0.1, 0.15) is 53.7 Å². The first-order valence-corrected chi connectivity index (χ1v) is 17.4. The van der Waals surface area contributed by atoms with Gasteiger partial charge in [-0.05, 0) is 71.0 Å². The molecule has 0 amide bonds. The van der Waals surface area contributed by atoms with Crippen LogP contribution in [0.4, 0.5) is 5.69 Å². The van der Waals surface area contributed by atoms with Gasteiger partial charge in [0.05, 0.1) is 10.9 Å². The highest BCUT2D eigenvalue weighted by Crippen LogP contribution is 2.50. The second kappa shape index (κ2) is 11.0. The van der Waals surface area contributed by atoms with Crippen molar-refractivity contribution in [1.29, 1.82) is 0 Å². The first-order valence-electron chi connectivity index (χ1n) is 17.4. The Bertz CT molecular complexity index is 2500. The number of benzene rings is 5. The molecule has 0 radical (unpaired) electrons. The Morgan fingerprint density at radius 2 is 1.25 bits per heavy atom. The Kier molecular flexibility index (Phi) is 6.30. The number of rotatable bonds is 4. The highest BCUT2D eigenvalue weighted by Gasteiger charge is 2.38. The molecular formula is C46H36N2. The maximum atomic E-state index is 2.59. The Balaban J connectivity index is 1.10. The minimum atomic E-state index is 0.332. The highest BCUT2D eigenvalue weighted by molar-refractivity contribution is 5.95. The largest absolute Gasteiger partial charge is 0.313 e. The molecule has 0 saturated carbocycles. The topological polar surface area (TPSA) is 8.17 Å². The molecule has 0 spiro atoms. The highest BCUT2D eigenvalue weighted by atomic mass is 15.2. The molecule has 3 unspecified atom stereocenters. The normalized spacial score (nSPS) is 21.0. The van der Waals surface area contributed by atoms with Crippen molar-refractivity contribution >= 4 is 44.8 Å². The molecule has 2 nitrogen and oxygen atoms in total. The zero-order chi connectivity index (χ0) is 31.6. The fourth-order valence-electron chi connectivity index (χ4n) is 8.63. The molecular weight excluding hydrogens is 581 g/mol. The van der Waals surface area contributed by atoms with Gasteiger partial charge in [0, 0.05) is 51.1 Å². The average Bonchev–Trinajstić information content (AvgIpc) is 3.68. The standard InChI is InChI=1S/C46H36N2/c1-2-10-31(11-3-1)33-20-24-37(25-21-33)47-43-17-9-7-15-41(43)45-44(47)29-28-40-39-14-6-8-16-42(39)48(46(40)45)38-26-22-34(23-27-38)36-19-18-32-12-4-5-13-35(32)30-36/h1-20,22,24-27,29-30,33-34,40H,21,23,28H2. The van der Waals surface area contributed by atoms with Crippen LogP contribution in [-0.2, 0) is 0 Å². The van der Waals surface area contributed by atoms with Gasteiger partial charge < -0.3 is 9.47 Å². The SMILES string of the molecule is C1=CC(c2ccc3ccccc3c2)CC=C1N1C2=c3c(n(C4=CCC(c5ccccc5)C=C4)c4ccccc34)=CCC2c2ccccc21. The van der Waals surface area contributed by atoms with E-state index in [2.05, 4.69) is 173 Å². The van der Waals surface area contributed by atoms with Crippen molar-refractivity contribution in [2.24, 2.45) is 0 Å². The van der Waals surface area contributed by atoms with Gasteiger partial charge in [-0.1, -0.05) is 140 Å². The number of allylic oxidation sites excluding steroid dienone is 7. The van der Waals surface area contributed by atoms with E-state index in [-0.39, 0.29) is 0 Å². The van der Waals surface area contributed by atoms with E-state index in [1.165, 1.54) is 71.7 Å². The van der Waals surface area contributed by atoms with Crippen LogP contribution in [0.3, 0.4) is 0 Å². The van der Waals surface area contributed by atoms with Gasteiger partial charge in [-0.25, -0.2) is 0 Å². The smallest absolute Gasteiger partial charge is 0.0541 e. The number of aromatic nitrogens is 1. The van der Waals surface area contributed by atoms with Crippen molar-refractivity contribution in [1.82, 2.24) is 4.57 Å². The lowest BCUT2D eigenvalue weighted by molar-refractivity contribution is 0.837. The summed E-state index contributed by atoms with van der Waals surface area (Å²) in [6.45, 7) is 0. The fraction of sp³-hybridized carbons (Fsp3) is 0.130. The average molecular weight is 617 g/mol. The van der Waals surface area contributed by atoms with Crippen LogP contribution in [0.15, 0.2) is 163 Å². The molecule has 1 aliphatic heterocycles. The molecule has 0 fully saturated rings. The van der Waals surface area contributed by atoms with E-state index in [9.17, 15) is 0 Å². The minimum absolute atomic E-state index is 0.332. The molecule has 48 heavy (non-hydrogen) atoms. The van der Waals surface area contributed by atoms with E-state index in [1.54, 1.807) is 0 Å². The lowest BCUT2D eigenvalue weighted by Gasteiger charge is -2.28. The van der Waals surface area contributed by atoms with E-state index >= 15 is 0 Å². The van der Waals surface area contributed by atoms with Crippen LogP contribution in [-0.4, -0.2) is 4.57 Å². The summed E-state index contributed by atoms with van der Waals surface area (Å²) in [5, 5.41) is 6.64. The zero-order valence-corrected chi connectivity index (χ0v) is 26.8. The van der Waals surface area contributed by atoms with Crippen LogP contribution < -0.4 is 15.5 Å². The van der Waals surface area contributed by atoms with Crippen molar-refractivity contribution in [2.75, 3.05) is 4.90 Å². The summed E-state index contributed by atoms with van der Waals surface area (Å²) in [5.41, 5.74) is 10.8. The second-order valence-corrected chi connectivity index (χ2v) is 13.6. The van der Waals surface area contributed by atoms with Crippen molar-refractivity contribution in [2.45, 2.75) is 37.0 Å². The van der Waals surface area contributed by atoms with Crippen molar-refractivity contribution < 1.29 is 0 Å². The molecule has 4 aliphatic rings.